The molecule has 0 bridgehead atoms. The fourth-order valence-corrected chi connectivity index (χ4v) is 0.504. The van der Waals surface area contributed by atoms with E-state index in [1.807, 2.05) is 0 Å². The maximum atomic E-state index is 9.50. The molecule has 0 unspecified atom stereocenters. The molecule has 0 spiro atoms. The molecule has 0 aliphatic rings. The third kappa shape index (κ3) is 29.2. The molecule has 0 aliphatic carbocycles. The summed E-state index contributed by atoms with van der Waals surface area (Å²) in [4.78, 5) is 19.0. The molecule has 7 heteroatoms. The number of hydrogen-bond acceptors (Lipinski definition) is 5. The lowest BCUT2D eigenvalue weighted by Crippen LogP contribution is -2.36. The quantitative estimate of drug-likeness (QED) is 0.543. The Morgan fingerprint density at radius 1 is 1.06 bits per heavy atom. The minimum absolute atomic E-state index is 0. The molecule has 6 nitrogen and oxygen atoms in total. The molecule has 0 aromatic rings. The normalized spacial score (nSPS) is 9.50. The summed E-state index contributed by atoms with van der Waals surface area (Å²) < 4.78 is 0.844. The standard InChI is InChI=1S/C5H14NO.C4H6O4.ClH/c1-6(2,3)4-5-7;5-3(6)1-2-4(7)8;/h7H,4-5H2,1-3H3;1-2H2,(H,5,6)(H,7,8);1H/q+1;;/p-2. The Kier molecular flexibility index (Phi) is 13.7. The first-order chi connectivity index (χ1) is 6.69. The van der Waals surface area contributed by atoms with Gasteiger partial charge in [0.15, 0.2) is 0 Å². The van der Waals surface area contributed by atoms with E-state index in [-0.39, 0.29) is 19.0 Å². The van der Waals surface area contributed by atoms with Crippen molar-refractivity contribution in [1.82, 2.24) is 0 Å². The molecule has 16 heavy (non-hydrogen) atoms. The largest absolute Gasteiger partial charge is 0.550 e. The van der Waals surface area contributed by atoms with Gasteiger partial charge in [-0.05, 0) is 12.8 Å². The van der Waals surface area contributed by atoms with Crippen LogP contribution >= 0.6 is 12.4 Å². The summed E-state index contributed by atoms with van der Waals surface area (Å²) in [7, 11) is 6.16. The summed E-state index contributed by atoms with van der Waals surface area (Å²) in [5, 5.41) is 27.4. The van der Waals surface area contributed by atoms with Crippen molar-refractivity contribution in [3.05, 3.63) is 0 Å². The number of aliphatic carboxylic acids is 2. The van der Waals surface area contributed by atoms with Crippen LogP contribution in [0.3, 0.4) is 0 Å². The molecule has 0 fully saturated rings. The van der Waals surface area contributed by atoms with Crippen molar-refractivity contribution in [1.29, 1.82) is 0 Å². The topological polar surface area (TPSA) is 100 Å². The molecule has 0 aromatic heterocycles. The van der Waals surface area contributed by atoms with Crippen molar-refractivity contribution in [2.24, 2.45) is 0 Å². The van der Waals surface area contributed by atoms with Crippen LogP contribution in [-0.4, -0.2) is 55.8 Å². The predicted molar refractivity (Wildman–Crippen MR) is 56.5 cm³/mol. The summed E-state index contributed by atoms with van der Waals surface area (Å²) in [5.74, 6) is -2.73. The highest BCUT2D eigenvalue weighted by atomic mass is 35.5. The summed E-state index contributed by atoms with van der Waals surface area (Å²) in [6.45, 7) is 1.11. The Bertz CT molecular complexity index is 189. The zero-order valence-electron chi connectivity index (χ0n) is 9.76. The smallest absolute Gasteiger partial charge is 0.101 e. The fourth-order valence-electron chi connectivity index (χ4n) is 0.504. The van der Waals surface area contributed by atoms with E-state index in [1.165, 1.54) is 0 Å². The number of carboxylic acids is 2. The van der Waals surface area contributed by atoms with E-state index in [1.54, 1.807) is 0 Å². The van der Waals surface area contributed by atoms with Crippen molar-refractivity contribution < 1.29 is 29.4 Å². The first-order valence-corrected chi connectivity index (χ1v) is 4.50. The molecule has 0 rings (SSSR count). The highest BCUT2D eigenvalue weighted by Crippen LogP contribution is 1.84. The van der Waals surface area contributed by atoms with Gasteiger partial charge >= 0.3 is 0 Å². The zero-order valence-corrected chi connectivity index (χ0v) is 10.6. The fraction of sp³-hybridized carbons (Fsp3) is 0.778. The van der Waals surface area contributed by atoms with Gasteiger partial charge in [-0.3, -0.25) is 0 Å². The Labute approximate surface area is 101 Å². The molecule has 1 N–H and O–H groups in total. The van der Waals surface area contributed by atoms with Gasteiger partial charge in [0.05, 0.1) is 27.7 Å². The molecule has 0 heterocycles. The van der Waals surface area contributed by atoms with Crippen molar-refractivity contribution >= 4 is 24.3 Å². The lowest BCUT2D eigenvalue weighted by molar-refractivity contribution is -0.870. The van der Waals surface area contributed by atoms with Gasteiger partial charge in [-0.25, -0.2) is 0 Å². The average molecular weight is 257 g/mol. The Hall–Kier alpha value is -0.850. The monoisotopic (exact) mass is 256 g/mol. The number of carbonyl (C=O) groups is 2. The summed E-state index contributed by atoms with van der Waals surface area (Å²) in [6.07, 6.45) is -0.940. The van der Waals surface area contributed by atoms with Crippen molar-refractivity contribution in [2.45, 2.75) is 12.8 Å². The van der Waals surface area contributed by atoms with Crippen LogP contribution in [0.2, 0.25) is 0 Å². The first kappa shape index (κ1) is 20.5. The van der Waals surface area contributed by atoms with Gasteiger partial charge in [0.1, 0.15) is 6.54 Å². The molecular formula is C9H19ClNO5-. The molecule has 0 aliphatic heterocycles. The third-order valence-electron chi connectivity index (χ3n) is 1.30. The maximum Gasteiger partial charge on any atom is 0.101 e. The number of likely N-dealkylation sites (N-methyl/N-ethyl adjacent to an activating group) is 1. The van der Waals surface area contributed by atoms with Gasteiger partial charge in [-0.1, -0.05) is 0 Å². The van der Waals surface area contributed by atoms with Gasteiger partial charge in [0, 0.05) is 11.9 Å². The van der Waals surface area contributed by atoms with Crippen LogP contribution in [0.25, 0.3) is 0 Å². The molecule has 0 saturated carbocycles. The maximum absolute atomic E-state index is 9.50. The van der Waals surface area contributed by atoms with E-state index in [2.05, 4.69) is 21.1 Å². The van der Waals surface area contributed by atoms with Crippen molar-refractivity contribution in [3.8, 4) is 0 Å². The molecule has 0 saturated heterocycles. The predicted octanol–water partition coefficient (Wildman–Crippen LogP) is -2.63. The van der Waals surface area contributed by atoms with Crippen LogP contribution in [0.5, 0.6) is 0 Å². The van der Waals surface area contributed by atoms with Crippen LogP contribution in [-0.2, 0) is 9.59 Å². The number of aliphatic hydroxyl groups is 1. The van der Waals surface area contributed by atoms with Crippen molar-refractivity contribution in [2.75, 3.05) is 34.3 Å². The van der Waals surface area contributed by atoms with Gasteiger partial charge < -0.3 is 29.4 Å². The van der Waals surface area contributed by atoms with Crippen LogP contribution in [0.4, 0.5) is 0 Å². The second kappa shape index (κ2) is 10.7. The lowest BCUT2D eigenvalue weighted by atomic mass is 10.3. The third-order valence-corrected chi connectivity index (χ3v) is 1.30. The molecule has 98 valence electrons. The summed E-state index contributed by atoms with van der Waals surface area (Å²) >= 11 is 0. The number of hydrogen-bond donors (Lipinski definition) is 1. The van der Waals surface area contributed by atoms with Gasteiger partial charge in [0.25, 0.3) is 0 Å². The molecular weight excluding hydrogens is 238 g/mol. The Morgan fingerprint density at radius 2 is 1.38 bits per heavy atom. The number of aliphatic hydroxyl groups excluding tert-OH is 1. The Morgan fingerprint density at radius 3 is 1.44 bits per heavy atom. The van der Waals surface area contributed by atoms with Gasteiger partial charge in [-0.15, -0.1) is 12.4 Å². The van der Waals surface area contributed by atoms with E-state index in [9.17, 15) is 19.8 Å². The van der Waals surface area contributed by atoms with Crippen LogP contribution < -0.4 is 10.2 Å². The summed E-state index contributed by atoms with van der Waals surface area (Å²) in [5.41, 5.74) is 0. The minimum atomic E-state index is -1.37. The van der Waals surface area contributed by atoms with E-state index < -0.39 is 24.8 Å². The van der Waals surface area contributed by atoms with Crippen LogP contribution in [0.1, 0.15) is 12.8 Å². The van der Waals surface area contributed by atoms with E-state index >= 15 is 0 Å². The van der Waals surface area contributed by atoms with Gasteiger partial charge in [0.2, 0.25) is 0 Å². The number of carbonyl (C=O) groups excluding carboxylic acids is 2. The van der Waals surface area contributed by atoms with E-state index in [0.717, 1.165) is 11.0 Å². The van der Waals surface area contributed by atoms with E-state index in [0.29, 0.717) is 0 Å². The van der Waals surface area contributed by atoms with Gasteiger partial charge in [-0.2, -0.15) is 0 Å². The van der Waals surface area contributed by atoms with Crippen LogP contribution in [0, 0.1) is 0 Å². The zero-order chi connectivity index (χ0) is 12.5. The first-order valence-electron chi connectivity index (χ1n) is 4.50. The second-order valence-electron chi connectivity index (χ2n) is 3.98. The van der Waals surface area contributed by atoms with E-state index in [4.69, 9.17) is 5.11 Å². The number of nitrogens with zero attached hydrogens (tertiary/aromatic N) is 1. The lowest BCUT2D eigenvalue weighted by Gasteiger charge is -2.21. The highest BCUT2D eigenvalue weighted by Gasteiger charge is 2.02. The molecule has 0 radical (unpaired) electrons. The number of carboxylic acid groups (broad SMARTS) is 2. The minimum Gasteiger partial charge on any atom is -0.550 e. The van der Waals surface area contributed by atoms with Crippen molar-refractivity contribution in [3.63, 3.8) is 0 Å². The average Bonchev–Trinajstić information content (AvgIpc) is 1.99. The molecule has 0 atom stereocenters. The van der Waals surface area contributed by atoms with Crippen LogP contribution in [0.15, 0.2) is 0 Å². The Balaban J connectivity index is -0.000000200. The summed E-state index contributed by atoms with van der Waals surface area (Å²) in [6, 6.07) is 0. The second-order valence-corrected chi connectivity index (χ2v) is 3.98. The SMILES string of the molecule is C[N+](C)(C)CCO.Cl.O=C([O-])CCC(=O)[O-]. The highest BCUT2D eigenvalue weighted by molar-refractivity contribution is 5.85. The molecule has 0 amide bonds. The number of quaternary nitrogens is 1. The molecule has 0 aromatic carbocycles. The number of halogens is 1. The number of rotatable bonds is 5.